The van der Waals surface area contributed by atoms with Crippen LogP contribution in [0.25, 0.3) is 0 Å². The van der Waals surface area contributed by atoms with Gasteiger partial charge in [0.25, 0.3) is 0 Å². The fraction of sp³-hybridized carbons (Fsp3) is 0.571. The summed E-state index contributed by atoms with van der Waals surface area (Å²) in [4.78, 5) is 0. The van der Waals surface area contributed by atoms with Crippen molar-refractivity contribution in [3.63, 3.8) is 0 Å². The monoisotopic (exact) mass is 297 g/mol. The predicted molar refractivity (Wildman–Crippen MR) is 74.7 cm³/mol. The summed E-state index contributed by atoms with van der Waals surface area (Å²) in [6.45, 7) is 3.18. The molecule has 0 radical (unpaired) electrons. The zero-order valence-corrected chi connectivity index (χ0v) is 12.1. The number of rotatable bonds is 3. The fourth-order valence-electron chi connectivity index (χ4n) is 2.59. The van der Waals surface area contributed by atoms with Gasteiger partial charge >= 0.3 is 0 Å². The summed E-state index contributed by atoms with van der Waals surface area (Å²) >= 11 is 3.68. The highest BCUT2D eigenvalue weighted by Crippen LogP contribution is 2.36. The minimum absolute atomic E-state index is 0.476. The fourth-order valence-corrected chi connectivity index (χ4v) is 3.24. The Kier molecular flexibility index (Phi) is 4.46. The van der Waals surface area contributed by atoms with Gasteiger partial charge in [-0.3, -0.25) is 0 Å². The van der Waals surface area contributed by atoms with E-state index in [-0.39, 0.29) is 0 Å². The zero-order valence-electron chi connectivity index (χ0n) is 10.6. The lowest BCUT2D eigenvalue weighted by Gasteiger charge is -2.20. The van der Waals surface area contributed by atoms with Gasteiger partial charge in [0.05, 0.1) is 7.11 Å². The van der Waals surface area contributed by atoms with Crippen molar-refractivity contribution < 1.29 is 4.74 Å². The first-order chi connectivity index (χ1) is 8.26. The molecule has 1 aromatic rings. The number of halogens is 1. The summed E-state index contributed by atoms with van der Waals surface area (Å²) in [6, 6.07) is 4.75. The van der Waals surface area contributed by atoms with Gasteiger partial charge in [-0.15, -0.1) is 0 Å². The van der Waals surface area contributed by atoms with Gasteiger partial charge in [-0.1, -0.05) is 29.3 Å². The average molecular weight is 298 g/mol. The maximum Gasteiger partial charge on any atom is 0.120 e. The summed E-state index contributed by atoms with van der Waals surface area (Å²) in [5, 5.41) is 3.58. The van der Waals surface area contributed by atoms with Crippen molar-refractivity contribution in [2.24, 2.45) is 0 Å². The molecule has 0 heterocycles. The lowest BCUT2D eigenvalue weighted by Crippen LogP contribution is -2.21. The molecule has 0 aromatic heterocycles. The standard InChI is InChI=1S/C14H20BrNO/c1-3-16-14-7-5-4-6-11-12(14)8-10(17-2)9-13(11)15/h8-9,14,16H,3-7H2,1-2H3. The molecule has 1 aliphatic carbocycles. The molecule has 2 nitrogen and oxygen atoms in total. The lowest BCUT2D eigenvalue weighted by atomic mass is 9.98. The second kappa shape index (κ2) is 5.87. The van der Waals surface area contributed by atoms with Gasteiger partial charge in [-0.25, -0.2) is 0 Å². The molecule has 0 amide bonds. The minimum atomic E-state index is 0.476. The summed E-state index contributed by atoms with van der Waals surface area (Å²) in [5.74, 6) is 0.945. The molecule has 1 atom stereocenters. The Morgan fingerprint density at radius 3 is 2.94 bits per heavy atom. The van der Waals surface area contributed by atoms with Crippen LogP contribution in [0.3, 0.4) is 0 Å². The molecule has 0 saturated heterocycles. The lowest BCUT2D eigenvalue weighted by molar-refractivity contribution is 0.412. The molecule has 94 valence electrons. The van der Waals surface area contributed by atoms with Gasteiger partial charge in [-0.2, -0.15) is 0 Å². The molecule has 0 saturated carbocycles. The first-order valence-electron chi connectivity index (χ1n) is 6.36. The highest BCUT2D eigenvalue weighted by Gasteiger charge is 2.20. The van der Waals surface area contributed by atoms with Crippen molar-refractivity contribution in [1.29, 1.82) is 0 Å². The molecular formula is C14H20BrNO. The van der Waals surface area contributed by atoms with Crippen LogP contribution in [0.1, 0.15) is 43.4 Å². The molecule has 17 heavy (non-hydrogen) atoms. The maximum atomic E-state index is 5.37. The Morgan fingerprint density at radius 1 is 1.41 bits per heavy atom. The first-order valence-corrected chi connectivity index (χ1v) is 7.15. The van der Waals surface area contributed by atoms with Crippen LogP contribution in [0.4, 0.5) is 0 Å². The number of benzene rings is 1. The smallest absolute Gasteiger partial charge is 0.120 e. The van der Waals surface area contributed by atoms with Gasteiger partial charge in [-0.05, 0) is 49.1 Å². The number of hydrogen-bond donors (Lipinski definition) is 1. The van der Waals surface area contributed by atoms with Gasteiger partial charge in [0, 0.05) is 10.5 Å². The van der Waals surface area contributed by atoms with Crippen LogP contribution in [0.2, 0.25) is 0 Å². The largest absolute Gasteiger partial charge is 0.497 e. The Bertz CT molecular complexity index is 392. The summed E-state index contributed by atoms with van der Waals surface area (Å²) in [6.07, 6.45) is 4.96. The topological polar surface area (TPSA) is 21.3 Å². The van der Waals surface area contributed by atoms with E-state index in [1.807, 2.05) is 0 Å². The van der Waals surface area contributed by atoms with Crippen LogP contribution in [0, 0.1) is 0 Å². The van der Waals surface area contributed by atoms with E-state index < -0.39 is 0 Å². The summed E-state index contributed by atoms with van der Waals surface area (Å²) in [7, 11) is 1.73. The Morgan fingerprint density at radius 2 is 2.24 bits per heavy atom. The minimum Gasteiger partial charge on any atom is -0.497 e. The molecule has 0 spiro atoms. The van der Waals surface area contributed by atoms with Crippen LogP contribution in [-0.2, 0) is 6.42 Å². The van der Waals surface area contributed by atoms with Crippen molar-refractivity contribution in [3.05, 3.63) is 27.7 Å². The van der Waals surface area contributed by atoms with Crippen molar-refractivity contribution >= 4 is 15.9 Å². The molecular weight excluding hydrogens is 278 g/mol. The quantitative estimate of drug-likeness (QED) is 0.856. The van der Waals surface area contributed by atoms with Gasteiger partial charge in [0.15, 0.2) is 0 Å². The second-order valence-corrected chi connectivity index (χ2v) is 5.39. The number of fused-ring (bicyclic) bond motifs is 1. The SMILES string of the molecule is CCNC1CCCCc2c(Br)cc(OC)cc21. The van der Waals surface area contributed by atoms with E-state index in [9.17, 15) is 0 Å². The maximum absolute atomic E-state index is 5.37. The molecule has 2 rings (SSSR count). The highest BCUT2D eigenvalue weighted by molar-refractivity contribution is 9.10. The third-order valence-corrected chi connectivity index (χ3v) is 4.14. The third kappa shape index (κ3) is 2.83. The third-order valence-electron chi connectivity index (χ3n) is 3.43. The van der Waals surface area contributed by atoms with Crippen molar-refractivity contribution in [2.45, 2.75) is 38.6 Å². The van der Waals surface area contributed by atoms with E-state index in [4.69, 9.17) is 4.74 Å². The Labute approximate surface area is 112 Å². The van der Waals surface area contributed by atoms with E-state index in [2.05, 4.69) is 40.3 Å². The van der Waals surface area contributed by atoms with Crippen molar-refractivity contribution in [2.75, 3.05) is 13.7 Å². The predicted octanol–water partition coefficient (Wildman–Crippen LogP) is 3.83. The van der Waals surface area contributed by atoms with Gasteiger partial charge in [0.1, 0.15) is 5.75 Å². The van der Waals surface area contributed by atoms with Crippen molar-refractivity contribution in [1.82, 2.24) is 5.32 Å². The molecule has 0 fully saturated rings. The number of nitrogens with one attached hydrogen (secondary N) is 1. The summed E-state index contributed by atoms with van der Waals surface area (Å²) in [5.41, 5.74) is 2.87. The highest BCUT2D eigenvalue weighted by atomic mass is 79.9. The van der Waals surface area contributed by atoms with Crippen LogP contribution < -0.4 is 10.1 Å². The van der Waals surface area contributed by atoms with Gasteiger partial charge in [0.2, 0.25) is 0 Å². The second-order valence-electron chi connectivity index (χ2n) is 4.53. The van der Waals surface area contributed by atoms with E-state index in [1.165, 1.54) is 41.3 Å². The first kappa shape index (κ1) is 12.9. The van der Waals surface area contributed by atoms with Crippen LogP contribution >= 0.6 is 15.9 Å². The van der Waals surface area contributed by atoms with Crippen LogP contribution in [0.15, 0.2) is 16.6 Å². The number of ether oxygens (including phenoxy) is 1. The molecule has 0 bridgehead atoms. The molecule has 1 aromatic carbocycles. The number of methoxy groups -OCH3 is 1. The van der Waals surface area contributed by atoms with Gasteiger partial charge < -0.3 is 10.1 Å². The normalized spacial score (nSPS) is 19.6. The number of hydrogen-bond acceptors (Lipinski definition) is 2. The van der Waals surface area contributed by atoms with Crippen molar-refractivity contribution in [3.8, 4) is 5.75 Å². The Balaban J connectivity index is 2.43. The summed E-state index contributed by atoms with van der Waals surface area (Å²) < 4.78 is 6.56. The molecule has 1 aliphatic rings. The van der Waals surface area contributed by atoms with E-state index in [0.717, 1.165) is 12.3 Å². The molecule has 0 aliphatic heterocycles. The Hall–Kier alpha value is -0.540. The molecule has 1 unspecified atom stereocenters. The average Bonchev–Trinajstić information content (AvgIpc) is 2.53. The zero-order chi connectivity index (χ0) is 12.3. The van der Waals surface area contributed by atoms with E-state index >= 15 is 0 Å². The van der Waals surface area contributed by atoms with E-state index in [1.54, 1.807) is 7.11 Å². The molecule has 1 N–H and O–H groups in total. The molecule has 3 heteroatoms. The van der Waals surface area contributed by atoms with E-state index in [0.29, 0.717) is 6.04 Å². The van der Waals surface area contributed by atoms with Crippen LogP contribution in [0.5, 0.6) is 5.75 Å². The van der Waals surface area contributed by atoms with Crippen LogP contribution in [-0.4, -0.2) is 13.7 Å².